The summed E-state index contributed by atoms with van der Waals surface area (Å²) in [5.41, 5.74) is 0. The van der Waals surface area contributed by atoms with Crippen LogP contribution in [0.5, 0.6) is 0 Å². The van der Waals surface area contributed by atoms with Crippen molar-refractivity contribution in [1.29, 1.82) is 0 Å². The van der Waals surface area contributed by atoms with Crippen LogP contribution < -0.4 is 5.09 Å². The molecule has 0 aromatic carbocycles. The van der Waals surface area contributed by atoms with Crippen LogP contribution in [0, 0.1) is 0 Å². The van der Waals surface area contributed by atoms with Gasteiger partial charge in [-0.1, -0.05) is 11.0 Å². The van der Waals surface area contributed by atoms with E-state index in [2.05, 4.69) is 5.09 Å². The molecule has 92 valence electrons. The molecule has 0 unspecified atom stereocenters. The topological polar surface area (TPSA) is 30.5 Å². The van der Waals surface area contributed by atoms with Gasteiger partial charge in [0.2, 0.25) is 0 Å². The van der Waals surface area contributed by atoms with Crippen LogP contribution in [0.2, 0.25) is 0 Å². The Morgan fingerprint density at radius 1 is 1.27 bits per heavy atom. The van der Waals surface area contributed by atoms with Gasteiger partial charge in [0.25, 0.3) is 6.64 Å². The Balaban J connectivity index is 3.71. The Kier molecular flexibility index (Phi) is 11.1. The van der Waals surface area contributed by atoms with Gasteiger partial charge in [-0.15, -0.1) is 0 Å². The van der Waals surface area contributed by atoms with E-state index in [4.69, 9.17) is 31.5 Å². The zero-order chi connectivity index (χ0) is 11.6. The molecule has 0 radical (unpaired) electrons. The summed E-state index contributed by atoms with van der Waals surface area (Å²) in [5, 5.41) is 3.19. The monoisotopic (exact) mass is 291 g/mol. The lowest BCUT2D eigenvalue weighted by Gasteiger charge is -2.21. The van der Waals surface area contributed by atoms with Gasteiger partial charge in [-0.3, -0.25) is 0 Å². The van der Waals surface area contributed by atoms with E-state index in [0.29, 0.717) is 13.2 Å². The van der Waals surface area contributed by atoms with Crippen molar-refractivity contribution < 1.29 is 9.05 Å². The highest BCUT2D eigenvalue weighted by Crippen LogP contribution is 2.43. The van der Waals surface area contributed by atoms with Crippen LogP contribution in [0.1, 0.15) is 26.7 Å². The summed E-state index contributed by atoms with van der Waals surface area (Å²) in [6.07, 6.45) is 2.12. The second-order valence-electron chi connectivity index (χ2n) is 2.76. The normalized spacial score (nSPS) is 11.9. The molecule has 0 saturated carbocycles. The van der Waals surface area contributed by atoms with Gasteiger partial charge in [-0.05, 0) is 49.2 Å². The Hall–Kier alpha value is 1.17. The SMILES string of the molecule is CCOP(=S)(NCCCCSCl)OCC. The summed E-state index contributed by atoms with van der Waals surface area (Å²) in [6, 6.07) is 0. The largest absolute Gasteiger partial charge is 0.318 e. The molecule has 15 heavy (non-hydrogen) atoms. The third kappa shape index (κ3) is 8.93. The van der Waals surface area contributed by atoms with E-state index in [1.165, 1.54) is 11.0 Å². The Morgan fingerprint density at radius 3 is 2.33 bits per heavy atom. The average molecular weight is 292 g/mol. The Bertz CT molecular complexity index is 187. The summed E-state index contributed by atoms with van der Waals surface area (Å²) >= 11 is 5.30. The minimum Gasteiger partial charge on any atom is -0.318 e. The van der Waals surface area contributed by atoms with E-state index in [1.807, 2.05) is 13.8 Å². The molecule has 0 spiro atoms. The maximum atomic E-state index is 5.50. The fourth-order valence-corrected chi connectivity index (χ4v) is 3.88. The zero-order valence-electron chi connectivity index (χ0n) is 9.20. The highest BCUT2D eigenvalue weighted by Gasteiger charge is 2.15. The maximum absolute atomic E-state index is 5.50. The highest BCUT2D eigenvalue weighted by atomic mass is 35.7. The highest BCUT2D eigenvalue weighted by molar-refractivity contribution is 8.21. The molecule has 0 aliphatic rings. The van der Waals surface area contributed by atoms with Gasteiger partial charge in [-0.2, -0.15) is 0 Å². The fraction of sp³-hybridized carbons (Fsp3) is 1.00. The van der Waals surface area contributed by atoms with Crippen molar-refractivity contribution in [3.8, 4) is 0 Å². The minimum absolute atomic E-state index is 0.585. The molecular weight excluding hydrogens is 273 g/mol. The van der Waals surface area contributed by atoms with E-state index >= 15 is 0 Å². The van der Waals surface area contributed by atoms with Crippen molar-refractivity contribution in [2.24, 2.45) is 0 Å². The van der Waals surface area contributed by atoms with Crippen molar-refractivity contribution in [1.82, 2.24) is 5.09 Å². The Labute approximate surface area is 106 Å². The summed E-state index contributed by atoms with van der Waals surface area (Å²) in [6.45, 7) is 3.62. The molecule has 0 aliphatic heterocycles. The molecule has 0 aromatic heterocycles. The minimum atomic E-state index is -2.22. The van der Waals surface area contributed by atoms with Crippen LogP contribution in [0.3, 0.4) is 0 Å². The molecule has 0 heterocycles. The van der Waals surface area contributed by atoms with Crippen molar-refractivity contribution in [3.05, 3.63) is 0 Å². The van der Waals surface area contributed by atoms with E-state index in [1.54, 1.807) is 0 Å². The lowest BCUT2D eigenvalue weighted by atomic mass is 10.3. The second-order valence-corrected chi connectivity index (χ2v) is 7.31. The molecular formula is C8H19ClNO2PS2. The molecule has 0 aromatic rings. The van der Waals surface area contributed by atoms with E-state index in [-0.39, 0.29) is 0 Å². The van der Waals surface area contributed by atoms with Crippen molar-refractivity contribution in [2.75, 3.05) is 25.5 Å². The molecule has 0 saturated heterocycles. The first-order valence-electron chi connectivity index (χ1n) is 5.06. The molecule has 1 N–H and O–H groups in total. The number of halogens is 1. The summed E-state index contributed by atoms with van der Waals surface area (Å²) in [5.74, 6) is 0.968. The molecule has 0 aliphatic carbocycles. The number of hydrogen-bond acceptors (Lipinski definition) is 4. The zero-order valence-corrected chi connectivity index (χ0v) is 12.5. The number of nitrogens with one attached hydrogen (secondary N) is 1. The maximum Gasteiger partial charge on any atom is 0.261 e. The van der Waals surface area contributed by atoms with Crippen LogP contribution in [0.25, 0.3) is 0 Å². The molecule has 3 nitrogen and oxygen atoms in total. The Morgan fingerprint density at radius 2 is 1.87 bits per heavy atom. The molecule has 0 bridgehead atoms. The van der Waals surface area contributed by atoms with Gasteiger partial charge in [-0.25, -0.2) is 5.09 Å². The average Bonchev–Trinajstić information content (AvgIpc) is 2.18. The van der Waals surface area contributed by atoms with E-state index in [0.717, 1.165) is 25.1 Å². The third-order valence-electron chi connectivity index (χ3n) is 1.55. The van der Waals surface area contributed by atoms with Gasteiger partial charge in [0.1, 0.15) is 0 Å². The first-order valence-corrected chi connectivity index (χ1v) is 9.51. The molecule has 0 atom stereocenters. The predicted octanol–water partition coefficient (Wildman–Crippen LogP) is 3.54. The molecule has 0 fully saturated rings. The third-order valence-corrected chi connectivity index (χ3v) is 5.28. The van der Waals surface area contributed by atoms with Crippen molar-refractivity contribution in [3.63, 3.8) is 0 Å². The van der Waals surface area contributed by atoms with Gasteiger partial charge >= 0.3 is 0 Å². The van der Waals surface area contributed by atoms with E-state index in [9.17, 15) is 0 Å². The van der Waals surface area contributed by atoms with Crippen LogP contribution in [0.15, 0.2) is 0 Å². The number of hydrogen-bond donors (Lipinski definition) is 1. The smallest absolute Gasteiger partial charge is 0.261 e. The van der Waals surface area contributed by atoms with E-state index < -0.39 is 6.64 Å². The molecule has 0 amide bonds. The lowest BCUT2D eigenvalue weighted by molar-refractivity contribution is 0.258. The van der Waals surface area contributed by atoms with Crippen LogP contribution in [-0.2, 0) is 20.9 Å². The first-order chi connectivity index (χ1) is 7.18. The van der Waals surface area contributed by atoms with Crippen LogP contribution in [0.4, 0.5) is 0 Å². The molecule has 0 rings (SSSR count). The van der Waals surface area contributed by atoms with Gasteiger partial charge < -0.3 is 9.05 Å². The standard InChI is InChI=1S/C8H19ClNO2PS2/c1-3-11-13(14,12-4-2)10-7-5-6-8-15-9/h3-8H2,1-2H3,(H,10,14). The fourth-order valence-electron chi connectivity index (χ4n) is 0.966. The van der Waals surface area contributed by atoms with Crippen LogP contribution in [-0.4, -0.2) is 25.5 Å². The first kappa shape index (κ1) is 16.2. The second kappa shape index (κ2) is 10.3. The summed E-state index contributed by atoms with van der Waals surface area (Å²) in [7, 11) is 6.85. The summed E-state index contributed by atoms with van der Waals surface area (Å²) in [4.78, 5) is 0. The lowest BCUT2D eigenvalue weighted by Crippen LogP contribution is -2.16. The molecule has 7 heteroatoms. The van der Waals surface area contributed by atoms with Gasteiger partial charge in [0.05, 0.1) is 13.2 Å². The quantitative estimate of drug-likeness (QED) is 0.491. The van der Waals surface area contributed by atoms with Crippen molar-refractivity contribution >= 4 is 40.1 Å². The van der Waals surface area contributed by atoms with Crippen molar-refractivity contribution in [2.45, 2.75) is 26.7 Å². The van der Waals surface area contributed by atoms with Crippen LogP contribution >= 0.6 is 28.3 Å². The van der Waals surface area contributed by atoms with Gasteiger partial charge in [0, 0.05) is 12.3 Å². The summed E-state index contributed by atoms with van der Waals surface area (Å²) < 4.78 is 10.9. The number of rotatable bonds is 10. The number of unbranched alkanes of at least 4 members (excludes halogenated alkanes) is 1. The predicted molar refractivity (Wildman–Crippen MR) is 73.1 cm³/mol. The van der Waals surface area contributed by atoms with Gasteiger partial charge in [0.15, 0.2) is 0 Å².